The topological polar surface area (TPSA) is 80.3 Å². The highest BCUT2D eigenvalue weighted by atomic mass is 16.6. The van der Waals surface area contributed by atoms with Crippen molar-refractivity contribution in [2.75, 3.05) is 27.9 Å². The van der Waals surface area contributed by atoms with E-state index in [0.29, 0.717) is 40.6 Å². The molecule has 168 valence electrons. The second kappa shape index (κ2) is 11.1. The number of hydrogen-bond donors (Lipinski definition) is 0. The van der Waals surface area contributed by atoms with E-state index in [1.165, 1.54) is 21.3 Å². The van der Waals surface area contributed by atoms with Crippen molar-refractivity contribution < 1.29 is 33.3 Å². The molecule has 3 atom stereocenters. The number of rotatable bonds is 9. The fourth-order valence-electron chi connectivity index (χ4n) is 4.05. The SMILES string of the molecule is COc1cc(CC(=O)OCC(=O)O[C@H]2C[C@H](C)CC[C@@H]2C(C)C)cc(OC)c1OC. The molecule has 1 aliphatic carbocycles. The third-order valence-corrected chi connectivity index (χ3v) is 5.67. The molecule has 0 unspecified atom stereocenters. The first-order valence-corrected chi connectivity index (χ1v) is 10.4. The molecule has 0 aromatic heterocycles. The van der Waals surface area contributed by atoms with Crippen LogP contribution >= 0.6 is 0 Å². The molecule has 1 aromatic rings. The van der Waals surface area contributed by atoms with Gasteiger partial charge in [0.15, 0.2) is 18.1 Å². The first-order valence-electron chi connectivity index (χ1n) is 10.4. The normalized spacial score (nSPS) is 21.1. The fourth-order valence-corrected chi connectivity index (χ4v) is 4.05. The summed E-state index contributed by atoms with van der Waals surface area (Å²) in [5.74, 6) is 1.63. The molecule has 0 bridgehead atoms. The van der Waals surface area contributed by atoms with Gasteiger partial charge in [-0.05, 0) is 48.3 Å². The van der Waals surface area contributed by atoms with Crippen LogP contribution in [0, 0.1) is 17.8 Å². The highest BCUT2D eigenvalue weighted by molar-refractivity contribution is 5.78. The molecule has 0 N–H and O–H groups in total. The van der Waals surface area contributed by atoms with Gasteiger partial charge in [0.25, 0.3) is 0 Å². The molecule has 1 aromatic carbocycles. The van der Waals surface area contributed by atoms with Gasteiger partial charge in [-0.2, -0.15) is 0 Å². The summed E-state index contributed by atoms with van der Waals surface area (Å²) in [7, 11) is 4.52. The molecule has 7 heteroatoms. The average Bonchev–Trinajstić information content (AvgIpc) is 2.71. The average molecular weight is 423 g/mol. The molecule has 0 aliphatic heterocycles. The lowest BCUT2D eigenvalue weighted by Crippen LogP contribution is -2.36. The molecule has 0 amide bonds. The number of ether oxygens (including phenoxy) is 5. The molecule has 7 nitrogen and oxygen atoms in total. The Labute approximate surface area is 179 Å². The molecule has 0 heterocycles. The number of methoxy groups -OCH3 is 3. The highest BCUT2D eigenvalue weighted by Gasteiger charge is 2.33. The maximum atomic E-state index is 12.3. The third-order valence-electron chi connectivity index (χ3n) is 5.67. The molecular formula is C23H34O7. The van der Waals surface area contributed by atoms with Crippen LogP contribution in [0.4, 0.5) is 0 Å². The molecule has 0 radical (unpaired) electrons. The quantitative estimate of drug-likeness (QED) is 0.560. The molecule has 0 spiro atoms. The lowest BCUT2D eigenvalue weighted by atomic mass is 9.75. The third kappa shape index (κ3) is 6.28. The minimum absolute atomic E-state index is 0.0287. The summed E-state index contributed by atoms with van der Waals surface area (Å²) >= 11 is 0. The highest BCUT2D eigenvalue weighted by Crippen LogP contribution is 2.38. The molecule has 1 fully saturated rings. The van der Waals surface area contributed by atoms with Crippen LogP contribution in [0.25, 0.3) is 0 Å². The minimum Gasteiger partial charge on any atom is -0.493 e. The number of hydrogen-bond acceptors (Lipinski definition) is 7. The van der Waals surface area contributed by atoms with Crippen LogP contribution in [-0.2, 0) is 25.5 Å². The molecule has 1 aliphatic rings. The smallest absolute Gasteiger partial charge is 0.344 e. The van der Waals surface area contributed by atoms with Gasteiger partial charge < -0.3 is 23.7 Å². The zero-order chi connectivity index (χ0) is 22.3. The van der Waals surface area contributed by atoms with Crippen LogP contribution in [0.1, 0.15) is 45.6 Å². The van der Waals surface area contributed by atoms with Crippen molar-refractivity contribution in [3.05, 3.63) is 17.7 Å². The standard InChI is InChI=1S/C23H34O7/c1-14(2)17-8-7-15(3)9-18(17)30-22(25)13-29-21(24)12-16-10-19(26-4)23(28-6)20(11-16)27-5/h10-11,14-15,17-18H,7-9,12-13H2,1-6H3/t15-,17-,18+/m1/s1. The van der Waals surface area contributed by atoms with E-state index < -0.39 is 11.9 Å². The molecule has 2 rings (SSSR count). The zero-order valence-corrected chi connectivity index (χ0v) is 18.9. The van der Waals surface area contributed by atoms with Crippen LogP contribution in [0.15, 0.2) is 12.1 Å². The Morgan fingerprint density at radius 1 is 1.00 bits per heavy atom. The lowest BCUT2D eigenvalue weighted by Gasteiger charge is -2.36. The first-order chi connectivity index (χ1) is 14.3. The van der Waals surface area contributed by atoms with Gasteiger partial charge in [-0.15, -0.1) is 0 Å². The summed E-state index contributed by atoms with van der Waals surface area (Å²) in [6.45, 7) is 6.09. The maximum Gasteiger partial charge on any atom is 0.344 e. The van der Waals surface area contributed by atoms with Crippen molar-refractivity contribution in [2.45, 2.75) is 52.6 Å². The largest absolute Gasteiger partial charge is 0.493 e. The Morgan fingerprint density at radius 2 is 1.63 bits per heavy atom. The van der Waals surface area contributed by atoms with Crippen LogP contribution < -0.4 is 14.2 Å². The van der Waals surface area contributed by atoms with Gasteiger partial charge in [0.05, 0.1) is 27.8 Å². The van der Waals surface area contributed by atoms with Crippen molar-refractivity contribution >= 4 is 11.9 Å². The number of carbonyl (C=O) groups is 2. The Bertz CT molecular complexity index is 703. The van der Waals surface area contributed by atoms with E-state index in [9.17, 15) is 9.59 Å². The van der Waals surface area contributed by atoms with Gasteiger partial charge in [0.1, 0.15) is 6.10 Å². The monoisotopic (exact) mass is 422 g/mol. The van der Waals surface area contributed by atoms with Crippen molar-refractivity contribution in [2.24, 2.45) is 17.8 Å². The Balaban J connectivity index is 1.92. The van der Waals surface area contributed by atoms with E-state index in [1.807, 2.05) is 0 Å². The van der Waals surface area contributed by atoms with E-state index in [4.69, 9.17) is 23.7 Å². The van der Waals surface area contributed by atoms with Gasteiger partial charge >= 0.3 is 11.9 Å². The summed E-state index contributed by atoms with van der Waals surface area (Å²) in [4.78, 5) is 24.5. The van der Waals surface area contributed by atoms with Gasteiger partial charge in [0, 0.05) is 0 Å². The van der Waals surface area contributed by atoms with Crippen LogP contribution in [0.5, 0.6) is 17.2 Å². The number of benzene rings is 1. The zero-order valence-electron chi connectivity index (χ0n) is 18.9. The molecule has 0 saturated heterocycles. The maximum absolute atomic E-state index is 12.3. The summed E-state index contributed by atoms with van der Waals surface area (Å²) in [6, 6.07) is 3.36. The molecule has 30 heavy (non-hydrogen) atoms. The van der Waals surface area contributed by atoms with Crippen LogP contribution in [0.2, 0.25) is 0 Å². The Kier molecular flexibility index (Phi) is 8.81. The van der Waals surface area contributed by atoms with E-state index >= 15 is 0 Å². The van der Waals surface area contributed by atoms with E-state index in [2.05, 4.69) is 20.8 Å². The number of esters is 2. The first kappa shape index (κ1) is 23.8. The van der Waals surface area contributed by atoms with Gasteiger partial charge in [-0.25, -0.2) is 4.79 Å². The van der Waals surface area contributed by atoms with E-state index in [0.717, 1.165) is 19.3 Å². The van der Waals surface area contributed by atoms with Crippen LogP contribution in [-0.4, -0.2) is 46.0 Å². The lowest BCUT2D eigenvalue weighted by molar-refractivity contribution is -0.166. The van der Waals surface area contributed by atoms with Crippen molar-refractivity contribution in [3.63, 3.8) is 0 Å². The summed E-state index contributed by atoms with van der Waals surface area (Å²) < 4.78 is 26.7. The van der Waals surface area contributed by atoms with Gasteiger partial charge in [0.2, 0.25) is 5.75 Å². The Morgan fingerprint density at radius 3 is 2.17 bits per heavy atom. The van der Waals surface area contributed by atoms with Crippen molar-refractivity contribution in [3.8, 4) is 17.2 Å². The second-order valence-corrected chi connectivity index (χ2v) is 8.23. The summed E-state index contributed by atoms with van der Waals surface area (Å²) in [6.07, 6.45) is 2.92. The Hall–Kier alpha value is -2.44. The van der Waals surface area contributed by atoms with Crippen LogP contribution in [0.3, 0.4) is 0 Å². The van der Waals surface area contributed by atoms with E-state index in [-0.39, 0.29) is 19.1 Å². The molecular weight excluding hydrogens is 388 g/mol. The van der Waals surface area contributed by atoms with Gasteiger partial charge in [-0.1, -0.05) is 27.2 Å². The second-order valence-electron chi connectivity index (χ2n) is 8.23. The summed E-state index contributed by atoms with van der Waals surface area (Å²) in [5.41, 5.74) is 0.629. The predicted octanol–water partition coefficient (Wildman–Crippen LogP) is 3.80. The number of carbonyl (C=O) groups excluding carboxylic acids is 2. The van der Waals surface area contributed by atoms with Crippen molar-refractivity contribution in [1.82, 2.24) is 0 Å². The fraction of sp³-hybridized carbons (Fsp3) is 0.652. The van der Waals surface area contributed by atoms with E-state index in [1.54, 1.807) is 12.1 Å². The minimum atomic E-state index is -0.529. The molecule has 1 saturated carbocycles. The summed E-state index contributed by atoms with van der Waals surface area (Å²) in [5, 5.41) is 0. The van der Waals surface area contributed by atoms with Crippen molar-refractivity contribution in [1.29, 1.82) is 0 Å². The van der Waals surface area contributed by atoms with Gasteiger partial charge in [-0.3, -0.25) is 4.79 Å². The predicted molar refractivity (Wildman–Crippen MR) is 112 cm³/mol.